The molecule has 29 heavy (non-hydrogen) atoms. The predicted octanol–water partition coefficient (Wildman–Crippen LogP) is 2.77. The minimum absolute atomic E-state index is 0.0149. The molecule has 9 heteroatoms. The van der Waals surface area contributed by atoms with E-state index in [1.165, 1.54) is 11.8 Å². The highest BCUT2D eigenvalue weighted by Gasteiger charge is 2.28. The van der Waals surface area contributed by atoms with Crippen LogP contribution in [0.3, 0.4) is 0 Å². The molecule has 0 radical (unpaired) electrons. The summed E-state index contributed by atoms with van der Waals surface area (Å²) in [5.41, 5.74) is 1.69. The van der Waals surface area contributed by atoms with Crippen molar-refractivity contribution in [2.45, 2.75) is 17.6 Å². The quantitative estimate of drug-likeness (QED) is 0.460. The standard InChI is InChI=1S/C20H20N4O3S2/c25-18(21-15-10-11-29(26,27)13-15)12-28-20-23-17-9-5-4-8-16(17)19(24-20)22-14-6-2-1-3-7-14/h1-9,15H,10-13H2,(H,21,25)(H,22,23,24)/t15-/m0/s1. The molecule has 7 nitrogen and oxygen atoms in total. The molecule has 2 N–H and O–H groups in total. The van der Waals surface area contributed by atoms with Crippen LogP contribution in [0.4, 0.5) is 11.5 Å². The molecule has 1 atom stereocenters. The van der Waals surface area contributed by atoms with E-state index in [4.69, 9.17) is 0 Å². The first-order chi connectivity index (χ1) is 14.0. The highest BCUT2D eigenvalue weighted by atomic mass is 32.2. The summed E-state index contributed by atoms with van der Waals surface area (Å²) in [5, 5.41) is 7.47. The lowest BCUT2D eigenvalue weighted by molar-refractivity contribution is -0.119. The van der Waals surface area contributed by atoms with Crippen molar-refractivity contribution < 1.29 is 13.2 Å². The van der Waals surface area contributed by atoms with Crippen molar-refractivity contribution in [3.05, 3.63) is 54.6 Å². The molecule has 150 valence electrons. The summed E-state index contributed by atoms with van der Waals surface area (Å²) in [4.78, 5) is 21.4. The summed E-state index contributed by atoms with van der Waals surface area (Å²) in [7, 11) is -3.02. The van der Waals surface area contributed by atoms with Gasteiger partial charge < -0.3 is 10.6 Å². The molecule has 0 spiro atoms. The molecule has 1 amide bonds. The number of benzene rings is 2. The fraction of sp³-hybridized carbons (Fsp3) is 0.250. The van der Waals surface area contributed by atoms with Crippen LogP contribution in [0.15, 0.2) is 59.8 Å². The lowest BCUT2D eigenvalue weighted by atomic mass is 10.2. The summed E-state index contributed by atoms with van der Waals surface area (Å²) in [5.74, 6) is 0.728. The monoisotopic (exact) mass is 428 g/mol. The third kappa shape index (κ3) is 5.04. The van der Waals surface area contributed by atoms with E-state index in [1.54, 1.807) is 0 Å². The van der Waals surface area contributed by atoms with Crippen molar-refractivity contribution in [1.29, 1.82) is 0 Å². The number of nitrogens with one attached hydrogen (secondary N) is 2. The van der Waals surface area contributed by atoms with E-state index in [-0.39, 0.29) is 29.2 Å². The van der Waals surface area contributed by atoms with Crippen molar-refractivity contribution in [2.75, 3.05) is 22.6 Å². The summed E-state index contributed by atoms with van der Waals surface area (Å²) in [6.07, 6.45) is 0.469. The molecule has 0 unspecified atom stereocenters. The smallest absolute Gasteiger partial charge is 0.230 e. The molecule has 3 aromatic rings. The number of nitrogens with zero attached hydrogens (tertiary/aromatic N) is 2. The topological polar surface area (TPSA) is 101 Å². The van der Waals surface area contributed by atoms with Crippen LogP contribution in [0.2, 0.25) is 0 Å². The molecule has 2 aromatic carbocycles. The minimum Gasteiger partial charge on any atom is -0.352 e. The average Bonchev–Trinajstić information content (AvgIpc) is 3.05. The Hall–Kier alpha value is -2.65. The predicted molar refractivity (Wildman–Crippen MR) is 115 cm³/mol. The Morgan fingerprint density at radius 2 is 1.83 bits per heavy atom. The van der Waals surface area contributed by atoms with Crippen molar-refractivity contribution in [3.63, 3.8) is 0 Å². The highest BCUT2D eigenvalue weighted by molar-refractivity contribution is 7.99. The third-order valence-electron chi connectivity index (χ3n) is 4.55. The Morgan fingerprint density at radius 3 is 2.59 bits per heavy atom. The van der Waals surface area contributed by atoms with Gasteiger partial charge in [-0.05, 0) is 30.7 Å². The second-order valence-electron chi connectivity index (χ2n) is 6.82. The molecule has 0 bridgehead atoms. The van der Waals surface area contributed by atoms with Gasteiger partial charge in [-0.1, -0.05) is 42.1 Å². The second-order valence-corrected chi connectivity index (χ2v) is 9.99. The summed E-state index contributed by atoms with van der Waals surface area (Å²) >= 11 is 1.23. The minimum atomic E-state index is -3.02. The molecular weight excluding hydrogens is 408 g/mol. The van der Waals surface area contributed by atoms with E-state index in [0.717, 1.165) is 16.6 Å². The van der Waals surface area contributed by atoms with Gasteiger partial charge in [-0.3, -0.25) is 4.79 Å². The number of thioether (sulfide) groups is 1. The summed E-state index contributed by atoms with van der Waals surface area (Å²) in [6, 6.07) is 17.1. The molecule has 1 aliphatic heterocycles. The van der Waals surface area contributed by atoms with Crippen LogP contribution in [0.25, 0.3) is 10.9 Å². The lowest BCUT2D eigenvalue weighted by Crippen LogP contribution is -2.36. The number of carbonyl (C=O) groups excluding carboxylic acids is 1. The Morgan fingerprint density at radius 1 is 1.07 bits per heavy atom. The van der Waals surface area contributed by atoms with Gasteiger partial charge >= 0.3 is 0 Å². The van der Waals surface area contributed by atoms with E-state index < -0.39 is 9.84 Å². The van der Waals surface area contributed by atoms with Gasteiger partial charge in [0.2, 0.25) is 5.91 Å². The average molecular weight is 429 g/mol. The third-order valence-corrected chi connectivity index (χ3v) is 7.16. The van der Waals surface area contributed by atoms with Gasteiger partial charge in [-0.25, -0.2) is 18.4 Å². The zero-order chi connectivity index (χ0) is 20.3. The van der Waals surface area contributed by atoms with E-state index >= 15 is 0 Å². The number of rotatable bonds is 6. The Balaban J connectivity index is 1.48. The maximum atomic E-state index is 12.2. The zero-order valence-electron chi connectivity index (χ0n) is 15.5. The fourth-order valence-electron chi connectivity index (χ4n) is 3.18. The van der Waals surface area contributed by atoms with E-state index in [0.29, 0.717) is 17.4 Å². The van der Waals surface area contributed by atoms with Crippen molar-refractivity contribution >= 4 is 49.9 Å². The summed E-state index contributed by atoms with van der Waals surface area (Å²) < 4.78 is 23.1. The van der Waals surface area contributed by atoms with Gasteiger partial charge in [0, 0.05) is 17.1 Å². The fourth-order valence-corrected chi connectivity index (χ4v) is 5.52. The van der Waals surface area contributed by atoms with Gasteiger partial charge in [0.05, 0.1) is 22.8 Å². The van der Waals surface area contributed by atoms with Gasteiger partial charge in [0.25, 0.3) is 0 Å². The van der Waals surface area contributed by atoms with Crippen molar-refractivity contribution in [1.82, 2.24) is 15.3 Å². The molecule has 1 aromatic heterocycles. The number of fused-ring (bicyclic) bond motifs is 1. The van der Waals surface area contributed by atoms with Crippen LogP contribution in [0.1, 0.15) is 6.42 Å². The molecule has 2 heterocycles. The molecule has 1 saturated heterocycles. The maximum absolute atomic E-state index is 12.2. The van der Waals surface area contributed by atoms with Gasteiger partial charge in [0.15, 0.2) is 15.0 Å². The maximum Gasteiger partial charge on any atom is 0.230 e. The molecule has 1 aliphatic rings. The van der Waals surface area contributed by atoms with Crippen LogP contribution in [0.5, 0.6) is 0 Å². The van der Waals surface area contributed by atoms with Crippen LogP contribution in [0, 0.1) is 0 Å². The number of anilines is 2. The molecule has 0 saturated carbocycles. The van der Waals surface area contributed by atoms with Crippen molar-refractivity contribution in [2.24, 2.45) is 0 Å². The van der Waals surface area contributed by atoms with E-state index in [2.05, 4.69) is 20.6 Å². The molecular formula is C20H20N4O3S2. The Bertz CT molecular complexity index is 1140. The number of sulfone groups is 1. The Kier molecular flexibility index (Phi) is 5.68. The largest absolute Gasteiger partial charge is 0.352 e. The first-order valence-electron chi connectivity index (χ1n) is 9.20. The van der Waals surface area contributed by atoms with E-state index in [1.807, 2.05) is 54.6 Å². The number of hydrogen-bond donors (Lipinski definition) is 2. The number of hydrogen-bond acceptors (Lipinski definition) is 7. The SMILES string of the molecule is O=C(CSc1nc(Nc2ccccc2)c2ccccc2n1)N[C@H]1CCS(=O)(=O)C1. The normalized spacial score (nSPS) is 17.9. The van der Waals surface area contributed by atoms with Gasteiger partial charge in [-0.15, -0.1) is 0 Å². The number of aromatic nitrogens is 2. The van der Waals surface area contributed by atoms with Gasteiger partial charge in [0.1, 0.15) is 5.82 Å². The van der Waals surface area contributed by atoms with Crippen LogP contribution in [-0.4, -0.2) is 47.6 Å². The first kappa shape index (κ1) is 19.7. The molecule has 1 fully saturated rings. The molecule has 0 aliphatic carbocycles. The summed E-state index contributed by atoms with van der Waals surface area (Å²) in [6.45, 7) is 0. The second kappa shape index (κ2) is 8.38. The number of carbonyl (C=O) groups is 1. The van der Waals surface area contributed by atoms with Crippen molar-refractivity contribution in [3.8, 4) is 0 Å². The van der Waals surface area contributed by atoms with E-state index in [9.17, 15) is 13.2 Å². The lowest BCUT2D eigenvalue weighted by Gasteiger charge is -2.12. The van der Waals surface area contributed by atoms with Gasteiger partial charge in [-0.2, -0.15) is 0 Å². The highest BCUT2D eigenvalue weighted by Crippen LogP contribution is 2.26. The first-order valence-corrected chi connectivity index (χ1v) is 12.0. The van der Waals surface area contributed by atoms with Crippen LogP contribution < -0.4 is 10.6 Å². The van der Waals surface area contributed by atoms with Crippen LogP contribution in [-0.2, 0) is 14.6 Å². The number of para-hydroxylation sites is 2. The Labute approximate surface area is 173 Å². The molecule has 4 rings (SSSR count). The number of amides is 1. The van der Waals surface area contributed by atoms with Crippen LogP contribution >= 0.6 is 11.8 Å². The zero-order valence-corrected chi connectivity index (χ0v) is 17.2.